The fourth-order valence-corrected chi connectivity index (χ4v) is 3.67. The molecule has 35 heavy (non-hydrogen) atoms. The number of nitrogens with one attached hydrogen (secondary N) is 3. The Morgan fingerprint density at radius 3 is 1.91 bits per heavy atom. The minimum absolute atomic E-state index is 0.0671. The minimum Gasteiger partial charge on any atom is -0.465 e. The van der Waals surface area contributed by atoms with E-state index >= 15 is 0 Å². The van der Waals surface area contributed by atoms with Crippen molar-refractivity contribution < 1.29 is 19.5 Å². The van der Waals surface area contributed by atoms with E-state index in [1.165, 1.54) is 0 Å². The monoisotopic (exact) mass is 482 g/mol. The predicted octanol–water partition coefficient (Wildman–Crippen LogP) is 3.59. The van der Waals surface area contributed by atoms with Crippen LogP contribution < -0.4 is 16.2 Å². The summed E-state index contributed by atoms with van der Waals surface area (Å²) in [7, 11) is 0. The van der Waals surface area contributed by atoms with Gasteiger partial charge in [-0.15, -0.1) is 0 Å². The van der Waals surface area contributed by atoms with E-state index in [2.05, 4.69) is 16.2 Å². The zero-order chi connectivity index (χ0) is 25.8. The van der Waals surface area contributed by atoms with Crippen LogP contribution in [-0.4, -0.2) is 46.5 Å². The molecule has 2 unspecified atom stereocenters. The number of amides is 3. The van der Waals surface area contributed by atoms with Crippen LogP contribution in [0.25, 0.3) is 0 Å². The summed E-state index contributed by atoms with van der Waals surface area (Å²) in [5.74, 6) is -0.472. The molecule has 8 heteroatoms. The van der Waals surface area contributed by atoms with E-state index in [1.54, 1.807) is 0 Å². The normalized spacial score (nSPS) is 12.7. The Labute approximate surface area is 208 Å². The Balaban J connectivity index is 2.25. The number of rotatable bonds is 13. The van der Waals surface area contributed by atoms with Gasteiger partial charge in [-0.25, -0.2) is 10.2 Å². The van der Waals surface area contributed by atoms with Gasteiger partial charge in [0.15, 0.2) is 0 Å². The third-order valence-electron chi connectivity index (χ3n) is 5.45. The number of benzene rings is 2. The summed E-state index contributed by atoms with van der Waals surface area (Å²) in [5.41, 5.74) is 7.25. The SMILES string of the molecule is CC(C)CNNC(=O)C(Cc1ccccc1)NC(=O)C(CC(C)C)N(Cc1ccccc1)C(=O)O. The lowest BCUT2D eigenvalue weighted by molar-refractivity contribution is -0.132. The van der Waals surface area contributed by atoms with Crippen molar-refractivity contribution >= 4 is 17.9 Å². The van der Waals surface area contributed by atoms with E-state index in [9.17, 15) is 19.5 Å². The van der Waals surface area contributed by atoms with Gasteiger partial charge in [-0.05, 0) is 29.4 Å². The van der Waals surface area contributed by atoms with Crippen molar-refractivity contribution in [3.8, 4) is 0 Å². The lowest BCUT2D eigenvalue weighted by atomic mass is 9.99. The maximum absolute atomic E-state index is 13.5. The van der Waals surface area contributed by atoms with Crippen molar-refractivity contribution in [2.75, 3.05) is 6.54 Å². The molecule has 0 aromatic heterocycles. The zero-order valence-electron chi connectivity index (χ0n) is 21.0. The van der Waals surface area contributed by atoms with Crippen LogP contribution in [0.1, 0.15) is 45.2 Å². The molecular weight excluding hydrogens is 444 g/mol. The fraction of sp³-hybridized carbons (Fsp3) is 0.444. The minimum atomic E-state index is -1.18. The molecule has 0 bridgehead atoms. The fourth-order valence-electron chi connectivity index (χ4n) is 3.67. The molecule has 0 aliphatic rings. The van der Waals surface area contributed by atoms with Gasteiger partial charge < -0.3 is 10.4 Å². The van der Waals surface area contributed by atoms with Gasteiger partial charge in [-0.3, -0.25) is 19.9 Å². The zero-order valence-corrected chi connectivity index (χ0v) is 21.0. The second-order valence-corrected chi connectivity index (χ2v) is 9.56. The van der Waals surface area contributed by atoms with Gasteiger partial charge in [0.05, 0.1) is 0 Å². The number of carbonyl (C=O) groups is 3. The number of hydrogen-bond donors (Lipinski definition) is 4. The third kappa shape index (κ3) is 9.78. The maximum Gasteiger partial charge on any atom is 0.408 e. The van der Waals surface area contributed by atoms with Crippen LogP contribution in [0.4, 0.5) is 4.79 Å². The van der Waals surface area contributed by atoms with Crippen molar-refractivity contribution in [3.05, 3.63) is 71.8 Å². The highest BCUT2D eigenvalue weighted by molar-refractivity contribution is 5.91. The highest BCUT2D eigenvalue weighted by atomic mass is 16.4. The van der Waals surface area contributed by atoms with Crippen LogP contribution >= 0.6 is 0 Å². The van der Waals surface area contributed by atoms with E-state index in [-0.39, 0.29) is 24.8 Å². The van der Waals surface area contributed by atoms with Crippen molar-refractivity contribution in [1.82, 2.24) is 21.1 Å². The van der Waals surface area contributed by atoms with Crippen LogP contribution in [0.3, 0.4) is 0 Å². The molecule has 190 valence electrons. The molecule has 0 aliphatic heterocycles. The maximum atomic E-state index is 13.5. The average Bonchev–Trinajstić information content (AvgIpc) is 2.81. The second-order valence-electron chi connectivity index (χ2n) is 9.56. The number of hydrogen-bond acceptors (Lipinski definition) is 4. The van der Waals surface area contributed by atoms with Crippen molar-refractivity contribution in [2.24, 2.45) is 11.8 Å². The van der Waals surface area contributed by atoms with Crippen LogP contribution in [0.5, 0.6) is 0 Å². The van der Waals surface area contributed by atoms with Crippen molar-refractivity contribution in [2.45, 2.75) is 59.2 Å². The smallest absolute Gasteiger partial charge is 0.408 e. The van der Waals surface area contributed by atoms with Crippen molar-refractivity contribution in [3.63, 3.8) is 0 Å². The van der Waals surface area contributed by atoms with E-state index in [0.717, 1.165) is 16.0 Å². The molecule has 8 nitrogen and oxygen atoms in total. The first-order valence-electron chi connectivity index (χ1n) is 12.1. The van der Waals surface area contributed by atoms with Gasteiger partial charge in [-0.1, -0.05) is 88.4 Å². The first-order chi connectivity index (χ1) is 16.7. The molecule has 2 aromatic rings. The number of hydrazine groups is 1. The summed E-state index contributed by atoms with van der Waals surface area (Å²) < 4.78 is 0. The molecule has 2 rings (SSSR count). The van der Waals surface area contributed by atoms with E-state index in [0.29, 0.717) is 18.9 Å². The Morgan fingerprint density at radius 2 is 1.40 bits per heavy atom. The lowest BCUT2D eigenvalue weighted by Gasteiger charge is -2.31. The first-order valence-corrected chi connectivity index (χ1v) is 12.1. The molecule has 0 saturated heterocycles. The van der Waals surface area contributed by atoms with Crippen LogP contribution in [0.15, 0.2) is 60.7 Å². The first kappa shape index (κ1) is 27.9. The molecular formula is C27H38N4O4. The average molecular weight is 483 g/mol. The topological polar surface area (TPSA) is 111 Å². The van der Waals surface area contributed by atoms with Crippen molar-refractivity contribution in [1.29, 1.82) is 0 Å². The standard InChI is InChI=1S/C27H38N4O4/c1-19(2)15-24(31(27(34)35)18-22-13-9-6-10-14-22)26(33)29-23(16-21-11-7-5-8-12-21)25(32)30-28-17-20(3)4/h5-14,19-20,23-24,28H,15-18H2,1-4H3,(H,29,33)(H,30,32)(H,34,35). The van der Waals surface area contributed by atoms with Gasteiger partial charge in [-0.2, -0.15) is 0 Å². The van der Waals surface area contributed by atoms with Gasteiger partial charge in [0.2, 0.25) is 5.91 Å². The van der Waals surface area contributed by atoms with Gasteiger partial charge in [0.25, 0.3) is 5.91 Å². The highest BCUT2D eigenvalue weighted by Gasteiger charge is 2.33. The summed E-state index contributed by atoms with van der Waals surface area (Å²) in [5, 5.41) is 12.8. The van der Waals surface area contributed by atoms with E-state index < -0.39 is 24.1 Å². The molecule has 2 aromatic carbocycles. The summed E-state index contributed by atoms with van der Waals surface area (Å²) in [6, 6.07) is 16.8. The van der Waals surface area contributed by atoms with Crippen LogP contribution in [-0.2, 0) is 22.6 Å². The van der Waals surface area contributed by atoms with E-state index in [4.69, 9.17) is 0 Å². The largest absolute Gasteiger partial charge is 0.465 e. The van der Waals surface area contributed by atoms with Crippen LogP contribution in [0.2, 0.25) is 0 Å². The highest BCUT2D eigenvalue weighted by Crippen LogP contribution is 2.17. The molecule has 2 atom stereocenters. The van der Waals surface area contributed by atoms with Gasteiger partial charge >= 0.3 is 6.09 Å². The van der Waals surface area contributed by atoms with Gasteiger partial charge in [0, 0.05) is 19.5 Å². The number of nitrogens with zero attached hydrogens (tertiary/aromatic N) is 1. The Morgan fingerprint density at radius 1 is 0.829 bits per heavy atom. The summed E-state index contributed by atoms with van der Waals surface area (Å²) >= 11 is 0. The molecule has 0 spiro atoms. The summed E-state index contributed by atoms with van der Waals surface area (Å²) in [6.07, 6.45) is -0.574. The number of carboxylic acid groups (broad SMARTS) is 1. The Bertz CT molecular complexity index is 935. The molecule has 0 heterocycles. The molecule has 3 amide bonds. The van der Waals surface area contributed by atoms with Crippen LogP contribution in [0, 0.1) is 11.8 Å². The lowest BCUT2D eigenvalue weighted by Crippen LogP contribution is -2.57. The molecule has 0 fully saturated rings. The number of carbonyl (C=O) groups excluding carboxylic acids is 2. The summed E-state index contributed by atoms with van der Waals surface area (Å²) in [6.45, 7) is 8.57. The van der Waals surface area contributed by atoms with Gasteiger partial charge in [0.1, 0.15) is 12.1 Å². The van der Waals surface area contributed by atoms with E-state index in [1.807, 2.05) is 88.4 Å². The molecule has 0 saturated carbocycles. The molecule has 0 aliphatic carbocycles. The second kappa shape index (κ2) is 14.1. The summed E-state index contributed by atoms with van der Waals surface area (Å²) in [4.78, 5) is 39.8. The molecule has 4 N–H and O–H groups in total. The quantitative estimate of drug-likeness (QED) is 0.326. The Hall–Kier alpha value is -3.39. The molecule has 0 radical (unpaired) electrons. The third-order valence-corrected chi connectivity index (χ3v) is 5.45. The predicted molar refractivity (Wildman–Crippen MR) is 136 cm³/mol. The Kier molecular flexibility index (Phi) is 11.2.